The van der Waals surface area contributed by atoms with Gasteiger partial charge in [-0.25, -0.2) is 9.18 Å². The van der Waals surface area contributed by atoms with Gasteiger partial charge < -0.3 is 9.88 Å². The molecule has 3 heterocycles. The minimum Gasteiger partial charge on any atom is -0.370 e. The first-order valence-electron chi connectivity index (χ1n) is 10.00. The number of fused-ring (bicyclic) bond motifs is 2. The topological polar surface area (TPSA) is 77.7 Å². The smallest absolute Gasteiger partial charge is 0.326 e. The van der Waals surface area contributed by atoms with Gasteiger partial charge >= 0.3 is 5.69 Å². The van der Waals surface area contributed by atoms with Crippen LogP contribution in [0.2, 0.25) is 0 Å². The van der Waals surface area contributed by atoms with Crippen LogP contribution >= 0.6 is 0 Å². The highest BCUT2D eigenvalue weighted by molar-refractivity contribution is 5.96. The predicted molar refractivity (Wildman–Crippen MR) is 114 cm³/mol. The fourth-order valence-electron chi connectivity index (χ4n) is 4.63. The van der Waals surface area contributed by atoms with Crippen LogP contribution in [0.5, 0.6) is 0 Å². The minimum absolute atomic E-state index is 0.0713. The molecule has 0 bridgehead atoms. The van der Waals surface area contributed by atoms with Crippen LogP contribution in [0, 0.1) is 24.1 Å². The monoisotopic (exact) mass is 401 g/mol. The van der Waals surface area contributed by atoms with Crippen molar-refractivity contribution in [3.63, 3.8) is 0 Å². The van der Waals surface area contributed by atoms with E-state index in [9.17, 15) is 14.4 Å². The Bertz CT molecular complexity index is 1370. The number of pyridine rings is 1. The Morgan fingerprint density at radius 3 is 2.77 bits per heavy atom. The number of nitriles is 1. The molecule has 4 aromatic rings. The van der Waals surface area contributed by atoms with Crippen LogP contribution in [-0.4, -0.2) is 27.6 Å². The Balaban J connectivity index is 1.52. The van der Waals surface area contributed by atoms with Gasteiger partial charge in [0.25, 0.3) is 0 Å². The molecule has 2 aromatic heterocycles. The summed E-state index contributed by atoms with van der Waals surface area (Å²) in [7, 11) is 0. The Morgan fingerprint density at radius 2 is 2.00 bits per heavy atom. The van der Waals surface area contributed by atoms with Gasteiger partial charge in [0.1, 0.15) is 11.9 Å². The highest BCUT2D eigenvalue weighted by Crippen LogP contribution is 2.35. The minimum atomic E-state index is -0.335. The lowest BCUT2D eigenvalue weighted by Crippen LogP contribution is -2.37. The number of piperidine rings is 1. The van der Waals surface area contributed by atoms with Crippen LogP contribution in [0.3, 0.4) is 0 Å². The third kappa shape index (κ3) is 2.84. The molecule has 0 atom stereocenters. The van der Waals surface area contributed by atoms with E-state index in [0.717, 1.165) is 35.1 Å². The molecule has 150 valence electrons. The number of aromatic nitrogens is 3. The molecule has 0 amide bonds. The van der Waals surface area contributed by atoms with E-state index in [1.165, 1.54) is 12.1 Å². The molecule has 0 saturated carbocycles. The van der Waals surface area contributed by atoms with Gasteiger partial charge in [0.15, 0.2) is 0 Å². The molecule has 1 N–H and O–H groups in total. The van der Waals surface area contributed by atoms with Gasteiger partial charge in [-0.15, -0.1) is 0 Å². The van der Waals surface area contributed by atoms with Gasteiger partial charge in [0.2, 0.25) is 0 Å². The van der Waals surface area contributed by atoms with E-state index >= 15 is 0 Å². The number of rotatable bonds is 2. The van der Waals surface area contributed by atoms with Gasteiger partial charge in [-0.2, -0.15) is 5.26 Å². The highest BCUT2D eigenvalue weighted by Gasteiger charge is 2.26. The molecule has 2 aromatic carbocycles. The zero-order chi connectivity index (χ0) is 20.8. The molecule has 0 unspecified atom stereocenters. The second kappa shape index (κ2) is 6.99. The van der Waals surface area contributed by atoms with E-state index in [4.69, 9.17) is 0 Å². The maximum atomic E-state index is 14.2. The third-order valence-corrected chi connectivity index (χ3v) is 5.99. The summed E-state index contributed by atoms with van der Waals surface area (Å²) >= 11 is 0. The molecule has 0 radical (unpaired) electrons. The number of hydrogen-bond acceptors (Lipinski definition) is 4. The lowest BCUT2D eigenvalue weighted by molar-refractivity contribution is 0.397. The molecule has 30 heavy (non-hydrogen) atoms. The molecule has 0 aliphatic carbocycles. The summed E-state index contributed by atoms with van der Waals surface area (Å²) in [6.45, 7) is 3.16. The number of para-hydroxylation sites is 2. The molecular weight excluding hydrogens is 381 g/mol. The van der Waals surface area contributed by atoms with Crippen LogP contribution in [0.4, 0.5) is 10.1 Å². The molecule has 5 rings (SSSR count). The van der Waals surface area contributed by atoms with Gasteiger partial charge in [-0.3, -0.25) is 9.55 Å². The van der Waals surface area contributed by atoms with Crippen molar-refractivity contribution in [2.45, 2.75) is 25.8 Å². The van der Waals surface area contributed by atoms with E-state index in [0.29, 0.717) is 29.6 Å². The standard InChI is InChI=1S/C23H20FN5O/c1-14-10-16(24)11-18-21(14)26-13-15(12-25)22(18)28-8-6-17(7-9-28)29-20-5-3-2-4-19(20)27-23(29)30/h2-5,10-11,13,17H,6-9H2,1H3,(H,27,30). The fourth-order valence-corrected chi connectivity index (χ4v) is 4.63. The van der Waals surface area contributed by atoms with Gasteiger partial charge in [-0.1, -0.05) is 12.1 Å². The van der Waals surface area contributed by atoms with E-state index in [1.54, 1.807) is 6.20 Å². The van der Waals surface area contributed by atoms with Crippen molar-refractivity contribution in [3.8, 4) is 6.07 Å². The lowest BCUT2D eigenvalue weighted by atomic mass is 10.00. The first-order valence-corrected chi connectivity index (χ1v) is 10.00. The Hall–Kier alpha value is -3.66. The van der Waals surface area contributed by atoms with Gasteiger partial charge in [0.05, 0.1) is 27.8 Å². The summed E-state index contributed by atoms with van der Waals surface area (Å²) in [5, 5.41) is 10.3. The van der Waals surface area contributed by atoms with Gasteiger partial charge in [0, 0.05) is 30.7 Å². The van der Waals surface area contributed by atoms with E-state index in [1.807, 2.05) is 35.8 Å². The van der Waals surface area contributed by atoms with Crippen LogP contribution in [-0.2, 0) is 0 Å². The van der Waals surface area contributed by atoms with Crippen molar-refractivity contribution in [1.29, 1.82) is 5.26 Å². The summed E-state index contributed by atoms with van der Waals surface area (Å²) in [6, 6.07) is 12.9. The second-order valence-corrected chi connectivity index (χ2v) is 7.79. The van der Waals surface area contributed by atoms with Crippen LogP contribution in [0.25, 0.3) is 21.9 Å². The molecule has 7 heteroatoms. The Labute approximate surface area is 172 Å². The highest BCUT2D eigenvalue weighted by atomic mass is 19.1. The number of benzene rings is 2. The average Bonchev–Trinajstić information content (AvgIpc) is 3.08. The zero-order valence-electron chi connectivity index (χ0n) is 16.5. The van der Waals surface area contributed by atoms with E-state index in [-0.39, 0.29) is 17.5 Å². The van der Waals surface area contributed by atoms with Crippen LogP contribution in [0.1, 0.15) is 30.0 Å². The quantitative estimate of drug-likeness (QED) is 0.550. The summed E-state index contributed by atoms with van der Waals surface area (Å²) in [5.41, 5.74) is 4.27. The first-order chi connectivity index (χ1) is 14.6. The Kier molecular flexibility index (Phi) is 4.28. The number of anilines is 1. The summed E-state index contributed by atoms with van der Waals surface area (Å²) in [6.07, 6.45) is 3.08. The summed E-state index contributed by atoms with van der Waals surface area (Å²) in [4.78, 5) is 22.0. The van der Waals surface area contributed by atoms with Crippen molar-refractivity contribution in [2.24, 2.45) is 0 Å². The average molecular weight is 401 g/mol. The molecule has 1 saturated heterocycles. The molecule has 1 aliphatic rings. The van der Waals surface area contributed by atoms with Crippen molar-refractivity contribution in [3.05, 3.63) is 70.0 Å². The van der Waals surface area contributed by atoms with E-state index in [2.05, 4.69) is 20.9 Å². The molecule has 1 fully saturated rings. The number of nitrogens with one attached hydrogen (secondary N) is 1. The fraction of sp³-hybridized carbons (Fsp3) is 0.261. The largest absolute Gasteiger partial charge is 0.370 e. The zero-order valence-corrected chi connectivity index (χ0v) is 16.5. The second-order valence-electron chi connectivity index (χ2n) is 7.79. The molecule has 1 aliphatic heterocycles. The van der Waals surface area contributed by atoms with Crippen molar-refractivity contribution in [2.75, 3.05) is 18.0 Å². The first kappa shape index (κ1) is 18.4. The molecular formula is C23H20FN5O. The number of imidazole rings is 1. The maximum absolute atomic E-state index is 14.2. The molecule has 6 nitrogen and oxygen atoms in total. The predicted octanol–water partition coefficient (Wildman–Crippen LogP) is 4.04. The van der Waals surface area contributed by atoms with Crippen LogP contribution in [0.15, 0.2) is 47.4 Å². The third-order valence-electron chi connectivity index (χ3n) is 5.99. The number of aryl methyl sites for hydroxylation is 1. The Morgan fingerprint density at radius 1 is 1.23 bits per heavy atom. The van der Waals surface area contributed by atoms with Crippen molar-refractivity contribution >= 4 is 27.6 Å². The van der Waals surface area contributed by atoms with Crippen molar-refractivity contribution < 1.29 is 4.39 Å². The van der Waals surface area contributed by atoms with Crippen molar-refractivity contribution in [1.82, 2.24) is 14.5 Å². The lowest BCUT2D eigenvalue weighted by Gasteiger charge is -2.35. The number of hydrogen-bond donors (Lipinski definition) is 1. The number of nitrogens with zero attached hydrogens (tertiary/aromatic N) is 4. The van der Waals surface area contributed by atoms with Gasteiger partial charge in [-0.05, 0) is 49.6 Å². The number of halogens is 1. The van der Waals surface area contributed by atoms with E-state index < -0.39 is 0 Å². The number of H-pyrrole nitrogens is 1. The summed E-state index contributed by atoms with van der Waals surface area (Å²) < 4.78 is 16.0. The molecule has 0 spiro atoms. The number of aromatic amines is 1. The SMILES string of the molecule is Cc1cc(F)cc2c(N3CCC(n4c(=O)[nH]c5ccccc54)CC3)c(C#N)cnc12. The van der Waals surface area contributed by atoms with Crippen LogP contribution < -0.4 is 10.6 Å². The maximum Gasteiger partial charge on any atom is 0.326 e. The summed E-state index contributed by atoms with van der Waals surface area (Å²) in [5.74, 6) is -0.335. The normalized spacial score (nSPS) is 15.0.